The van der Waals surface area contributed by atoms with Gasteiger partial charge in [-0.25, -0.2) is 0 Å². The third kappa shape index (κ3) is 3.19. The summed E-state index contributed by atoms with van der Waals surface area (Å²) < 4.78 is 6.10. The highest BCUT2D eigenvalue weighted by molar-refractivity contribution is 7.05. The van der Waals surface area contributed by atoms with Gasteiger partial charge in [-0.05, 0) is 31.4 Å². The third-order valence-corrected chi connectivity index (χ3v) is 3.89. The number of nitrogens with zero attached hydrogens (tertiary/aromatic N) is 4. The largest absolute Gasteiger partial charge is 0.308 e. The van der Waals surface area contributed by atoms with Crippen LogP contribution >= 0.6 is 11.5 Å². The van der Waals surface area contributed by atoms with Crippen molar-refractivity contribution in [3.63, 3.8) is 0 Å². The molecular formula is C13H21N5S. The second-order valence-corrected chi connectivity index (χ2v) is 5.38. The fraction of sp³-hybridized carbons (Fsp3) is 0.615. The van der Waals surface area contributed by atoms with Crippen molar-refractivity contribution in [2.75, 3.05) is 7.05 Å². The molecule has 5 nitrogen and oxygen atoms in total. The van der Waals surface area contributed by atoms with E-state index in [2.05, 4.69) is 40.0 Å². The molecule has 0 aromatic carbocycles. The van der Waals surface area contributed by atoms with Crippen molar-refractivity contribution in [2.45, 2.75) is 45.7 Å². The molecule has 0 saturated carbocycles. The summed E-state index contributed by atoms with van der Waals surface area (Å²) in [7, 11) is 1.97. The first-order valence-electron chi connectivity index (χ1n) is 6.80. The van der Waals surface area contributed by atoms with Crippen LogP contribution in [0.2, 0.25) is 0 Å². The van der Waals surface area contributed by atoms with E-state index >= 15 is 0 Å². The molecular weight excluding hydrogens is 258 g/mol. The van der Waals surface area contributed by atoms with Gasteiger partial charge in [0.25, 0.3) is 0 Å². The van der Waals surface area contributed by atoms with Crippen molar-refractivity contribution in [1.82, 2.24) is 24.7 Å². The average Bonchev–Trinajstić information content (AvgIpc) is 3.03. The number of aromatic nitrogens is 4. The van der Waals surface area contributed by atoms with Gasteiger partial charge in [0.15, 0.2) is 0 Å². The van der Waals surface area contributed by atoms with E-state index in [-0.39, 0.29) is 6.04 Å². The van der Waals surface area contributed by atoms with Crippen LogP contribution in [-0.2, 0) is 13.0 Å². The monoisotopic (exact) mass is 279 g/mol. The van der Waals surface area contributed by atoms with E-state index in [4.69, 9.17) is 0 Å². The number of rotatable bonds is 7. The molecule has 0 radical (unpaired) electrons. The Morgan fingerprint density at radius 2 is 2.21 bits per heavy atom. The first-order chi connectivity index (χ1) is 9.30. The average molecular weight is 279 g/mol. The molecule has 2 aromatic rings. The maximum atomic E-state index is 4.40. The molecule has 0 spiro atoms. The Bertz CT molecular complexity index is 505. The molecule has 2 rings (SSSR count). The standard InChI is InChI=1S/C13H21N5S/c1-4-6-11-13(19-17-16-11)12(14-3)10-8-15-18(9-10)7-5-2/h8-9,12,14H,4-7H2,1-3H3. The lowest BCUT2D eigenvalue weighted by Gasteiger charge is -2.13. The van der Waals surface area contributed by atoms with Gasteiger partial charge in [0.1, 0.15) is 0 Å². The van der Waals surface area contributed by atoms with Crippen molar-refractivity contribution < 1.29 is 0 Å². The van der Waals surface area contributed by atoms with E-state index in [9.17, 15) is 0 Å². The molecule has 0 bridgehead atoms. The Morgan fingerprint density at radius 3 is 2.89 bits per heavy atom. The Hall–Kier alpha value is -1.27. The number of nitrogens with one attached hydrogen (secondary N) is 1. The fourth-order valence-electron chi connectivity index (χ4n) is 2.17. The summed E-state index contributed by atoms with van der Waals surface area (Å²) in [6.45, 7) is 5.28. The van der Waals surface area contributed by atoms with E-state index < -0.39 is 0 Å². The quantitative estimate of drug-likeness (QED) is 0.845. The molecule has 6 heteroatoms. The summed E-state index contributed by atoms with van der Waals surface area (Å²) in [6, 6.07) is 0.146. The fourth-order valence-corrected chi connectivity index (χ4v) is 3.01. The highest BCUT2D eigenvalue weighted by atomic mass is 32.1. The molecule has 2 aromatic heterocycles. The lowest BCUT2D eigenvalue weighted by molar-refractivity contribution is 0.600. The van der Waals surface area contributed by atoms with Gasteiger partial charge < -0.3 is 5.32 Å². The van der Waals surface area contributed by atoms with Gasteiger partial charge in [0.2, 0.25) is 0 Å². The Kier molecular flexibility index (Phi) is 5.04. The van der Waals surface area contributed by atoms with Gasteiger partial charge in [-0.1, -0.05) is 24.8 Å². The third-order valence-electron chi connectivity index (χ3n) is 3.06. The zero-order valence-corrected chi connectivity index (χ0v) is 12.6. The Morgan fingerprint density at radius 1 is 1.37 bits per heavy atom. The van der Waals surface area contributed by atoms with Gasteiger partial charge in [-0.2, -0.15) is 5.10 Å². The molecule has 0 aliphatic rings. The van der Waals surface area contributed by atoms with Crippen LogP contribution in [0.3, 0.4) is 0 Å². The minimum atomic E-state index is 0.146. The molecule has 1 atom stereocenters. The summed E-state index contributed by atoms with van der Waals surface area (Å²) >= 11 is 1.48. The molecule has 0 fully saturated rings. The normalized spacial score (nSPS) is 12.8. The number of hydrogen-bond donors (Lipinski definition) is 1. The van der Waals surface area contributed by atoms with E-state index in [0.29, 0.717) is 0 Å². The molecule has 0 saturated heterocycles. The SMILES string of the molecule is CCCc1nnsc1C(NC)c1cnn(CCC)c1. The first-order valence-corrected chi connectivity index (χ1v) is 7.58. The molecule has 1 unspecified atom stereocenters. The van der Waals surface area contributed by atoms with Gasteiger partial charge in [0, 0.05) is 18.3 Å². The molecule has 104 valence electrons. The van der Waals surface area contributed by atoms with Crippen LogP contribution in [0.5, 0.6) is 0 Å². The predicted octanol–water partition coefficient (Wildman–Crippen LogP) is 2.41. The highest BCUT2D eigenvalue weighted by Gasteiger charge is 2.20. The van der Waals surface area contributed by atoms with E-state index in [1.807, 2.05) is 17.9 Å². The van der Waals surface area contributed by atoms with Gasteiger partial charge in [-0.15, -0.1) is 5.10 Å². The molecule has 2 heterocycles. The highest BCUT2D eigenvalue weighted by Crippen LogP contribution is 2.27. The van der Waals surface area contributed by atoms with E-state index in [0.717, 1.165) is 31.5 Å². The van der Waals surface area contributed by atoms with Crippen LogP contribution in [0.25, 0.3) is 0 Å². The smallest absolute Gasteiger partial charge is 0.0807 e. The summed E-state index contributed by atoms with van der Waals surface area (Å²) in [4.78, 5) is 1.21. The minimum Gasteiger partial charge on any atom is -0.308 e. The van der Waals surface area contributed by atoms with Crippen molar-refractivity contribution in [3.8, 4) is 0 Å². The van der Waals surface area contributed by atoms with Crippen LogP contribution in [0.1, 0.15) is 48.9 Å². The van der Waals surface area contributed by atoms with Crippen molar-refractivity contribution in [2.24, 2.45) is 0 Å². The molecule has 1 N–H and O–H groups in total. The van der Waals surface area contributed by atoms with Gasteiger partial charge >= 0.3 is 0 Å². The van der Waals surface area contributed by atoms with Crippen LogP contribution in [0, 0.1) is 0 Å². The second-order valence-electron chi connectivity index (χ2n) is 4.59. The topological polar surface area (TPSA) is 55.6 Å². The van der Waals surface area contributed by atoms with Crippen LogP contribution in [0.15, 0.2) is 12.4 Å². The minimum absolute atomic E-state index is 0.146. The number of aryl methyl sites for hydroxylation is 2. The zero-order chi connectivity index (χ0) is 13.7. The van der Waals surface area contributed by atoms with Crippen molar-refractivity contribution in [3.05, 3.63) is 28.5 Å². The summed E-state index contributed by atoms with van der Waals surface area (Å²) in [5.41, 5.74) is 2.29. The lowest BCUT2D eigenvalue weighted by atomic mass is 10.1. The molecule has 0 aliphatic heterocycles. The van der Waals surface area contributed by atoms with Crippen molar-refractivity contribution >= 4 is 11.5 Å². The lowest BCUT2D eigenvalue weighted by Crippen LogP contribution is -2.17. The van der Waals surface area contributed by atoms with Crippen LogP contribution < -0.4 is 5.32 Å². The molecule has 19 heavy (non-hydrogen) atoms. The maximum Gasteiger partial charge on any atom is 0.0807 e. The van der Waals surface area contributed by atoms with E-state index in [1.54, 1.807) is 0 Å². The maximum absolute atomic E-state index is 4.40. The van der Waals surface area contributed by atoms with Crippen molar-refractivity contribution in [1.29, 1.82) is 0 Å². The summed E-state index contributed by atoms with van der Waals surface area (Å²) in [6.07, 6.45) is 7.21. The van der Waals surface area contributed by atoms with E-state index in [1.165, 1.54) is 22.0 Å². The summed E-state index contributed by atoms with van der Waals surface area (Å²) in [5, 5.41) is 12.0. The second kappa shape index (κ2) is 6.77. The zero-order valence-electron chi connectivity index (χ0n) is 11.8. The molecule has 0 aliphatic carbocycles. The summed E-state index contributed by atoms with van der Waals surface area (Å²) in [5.74, 6) is 0. The Balaban J connectivity index is 2.24. The van der Waals surface area contributed by atoms with Crippen LogP contribution in [-0.4, -0.2) is 26.4 Å². The Labute approximate surface area is 118 Å². The predicted molar refractivity (Wildman–Crippen MR) is 77.3 cm³/mol. The molecule has 0 amide bonds. The number of hydrogen-bond acceptors (Lipinski definition) is 5. The van der Waals surface area contributed by atoms with Crippen LogP contribution in [0.4, 0.5) is 0 Å². The van der Waals surface area contributed by atoms with Gasteiger partial charge in [-0.3, -0.25) is 4.68 Å². The first kappa shape index (κ1) is 14.1. The van der Waals surface area contributed by atoms with Gasteiger partial charge in [0.05, 0.1) is 22.8 Å².